The van der Waals surface area contributed by atoms with Crippen LogP contribution in [0.4, 0.5) is 0 Å². The number of carbonyl (C=O) groups excluding carboxylic acids is 1. The Morgan fingerprint density at radius 2 is 1.84 bits per heavy atom. The van der Waals surface area contributed by atoms with Crippen LogP contribution in [0.5, 0.6) is 0 Å². The fourth-order valence-electron chi connectivity index (χ4n) is 3.32. The van der Waals surface area contributed by atoms with Gasteiger partial charge in [0.25, 0.3) is 5.91 Å². The summed E-state index contributed by atoms with van der Waals surface area (Å²) in [5.41, 5.74) is 0.598. The lowest BCUT2D eigenvalue weighted by molar-refractivity contribution is 0.0730. The first-order valence-corrected chi connectivity index (χ1v) is 11.7. The second-order valence-corrected chi connectivity index (χ2v) is 9.61. The molecule has 0 radical (unpaired) electrons. The third-order valence-electron chi connectivity index (χ3n) is 5.13. The normalized spacial score (nSPS) is 16.2. The van der Waals surface area contributed by atoms with E-state index in [-0.39, 0.29) is 28.4 Å². The Kier molecular flexibility index (Phi) is 6.40. The number of furan rings is 1. The highest BCUT2D eigenvalue weighted by atomic mass is 32.2. The molecule has 1 fully saturated rings. The first kappa shape index (κ1) is 22.2. The Labute approximate surface area is 185 Å². The number of nitrogens with zero attached hydrogens (tertiary/aromatic N) is 3. The van der Waals surface area contributed by atoms with Crippen molar-refractivity contribution in [3.05, 3.63) is 54.3 Å². The van der Waals surface area contributed by atoms with Crippen molar-refractivity contribution in [1.82, 2.24) is 19.8 Å². The number of hydrogen-bond donors (Lipinski definition) is 1. The summed E-state index contributed by atoms with van der Waals surface area (Å²) in [4.78, 5) is 17.0. The van der Waals surface area contributed by atoms with Crippen molar-refractivity contribution in [2.24, 2.45) is 5.92 Å². The fourth-order valence-corrected chi connectivity index (χ4v) is 4.73. The number of ether oxygens (including phenoxy) is 1. The van der Waals surface area contributed by atoms with E-state index in [9.17, 15) is 13.2 Å². The maximum atomic E-state index is 12.8. The first-order chi connectivity index (χ1) is 15.4. The largest absolute Gasteiger partial charge is 0.459 e. The molecule has 4 rings (SSSR count). The van der Waals surface area contributed by atoms with Crippen LogP contribution in [-0.4, -0.2) is 55.1 Å². The van der Waals surface area contributed by atoms with Gasteiger partial charge in [0.05, 0.1) is 24.4 Å². The number of benzene rings is 1. The summed E-state index contributed by atoms with van der Waals surface area (Å²) >= 11 is 0. The molecule has 0 bridgehead atoms. The lowest BCUT2D eigenvalue weighted by Crippen LogP contribution is -2.40. The molecule has 1 aromatic carbocycles. The van der Waals surface area contributed by atoms with Crippen molar-refractivity contribution in [2.75, 3.05) is 26.3 Å². The molecule has 1 N–H and O–H groups in total. The molecule has 3 heterocycles. The van der Waals surface area contributed by atoms with E-state index in [0.29, 0.717) is 37.7 Å². The molecule has 0 saturated carbocycles. The minimum atomic E-state index is -3.58. The van der Waals surface area contributed by atoms with Gasteiger partial charge in [0.1, 0.15) is 6.04 Å². The number of morpholine rings is 1. The Hall–Kier alpha value is -3.02. The average Bonchev–Trinajstić information content (AvgIpc) is 3.50. The molecule has 0 aliphatic carbocycles. The molecule has 1 atom stereocenters. The van der Waals surface area contributed by atoms with Crippen molar-refractivity contribution >= 4 is 15.9 Å². The van der Waals surface area contributed by atoms with E-state index in [0.717, 1.165) is 0 Å². The van der Waals surface area contributed by atoms with Gasteiger partial charge in [-0.25, -0.2) is 8.42 Å². The SMILES string of the molecule is CC(C)[C@H](NC(=O)c1ccco1)c1nc(-c2ccc(S(=O)(=O)N3CCOCC3)cc2)no1. The van der Waals surface area contributed by atoms with Crippen LogP contribution in [0.2, 0.25) is 0 Å². The van der Waals surface area contributed by atoms with Gasteiger partial charge in [0.15, 0.2) is 5.76 Å². The van der Waals surface area contributed by atoms with E-state index in [2.05, 4.69) is 15.5 Å². The van der Waals surface area contributed by atoms with Gasteiger partial charge in [-0.3, -0.25) is 4.79 Å². The molecule has 0 spiro atoms. The Morgan fingerprint density at radius 1 is 1.12 bits per heavy atom. The third kappa shape index (κ3) is 4.59. The van der Waals surface area contributed by atoms with E-state index < -0.39 is 16.1 Å². The number of amides is 1. The van der Waals surface area contributed by atoms with Crippen LogP contribution < -0.4 is 5.32 Å². The zero-order valence-electron chi connectivity index (χ0n) is 17.7. The second-order valence-electron chi connectivity index (χ2n) is 7.67. The van der Waals surface area contributed by atoms with E-state index in [1.165, 1.54) is 22.7 Å². The minimum absolute atomic E-state index is 0.0248. The monoisotopic (exact) mass is 460 g/mol. The summed E-state index contributed by atoms with van der Waals surface area (Å²) in [5, 5.41) is 6.85. The summed E-state index contributed by atoms with van der Waals surface area (Å²) in [6, 6.07) is 8.99. The molecule has 2 aromatic heterocycles. The Balaban J connectivity index is 1.51. The molecular formula is C21H24N4O6S. The second kappa shape index (κ2) is 9.23. The van der Waals surface area contributed by atoms with Crippen LogP contribution in [0.25, 0.3) is 11.4 Å². The van der Waals surface area contributed by atoms with E-state index >= 15 is 0 Å². The summed E-state index contributed by atoms with van der Waals surface area (Å²) in [6.45, 7) is 5.27. The predicted molar refractivity (Wildman–Crippen MR) is 113 cm³/mol. The summed E-state index contributed by atoms with van der Waals surface area (Å²) < 4.78 is 42.7. The van der Waals surface area contributed by atoms with Gasteiger partial charge in [-0.05, 0) is 42.3 Å². The van der Waals surface area contributed by atoms with Crippen LogP contribution in [0, 0.1) is 5.92 Å². The van der Waals surface area contributed by atoms with Gasteiger partial charge in [0, 0.05) is 18.7 Å². The van der Waals surface area contributed by atoms with Crippen LogP contribution >= 0.6 is 0 Å². The molecule has 10 nitrogen and oxygen atoms in total. The van der Waals surface area contributed by atoms with E-state index in [1.54, 1.807) is 24.3 Å². The van der Waals surface area contributed by atoms with Crippen molar-refractivity contribution in [1.29, 1.82) is 0 Å². The number of nitrogens with one attached hydrogen (secondary N) is 1. The average molecular weight is 461 g/mol. The highest BCUT2D eigenvalue weighted by molar-refractivity contribution is 7.89. The van der Waals surface area contributed by atoms with Gasteiger partial charge in [-0.1, -0.05) is 19.0 Å². The zero-order chi connectivity index (χ0) is 22.7. The van der Waals surface area contributed by atoms with Crippen LogP contribution in [-0.2, 0) is 14.8 Å². The minimum Gasteiger partial charge on any atom is -0.459 e. The maximum Gasteiger partial charge on any atom is 0.287 e. The van der Waals surface area contributed by atoms with Crippen molar-refractivity contribution in [3.8, 4) is 11.4 Å². The molecule has 1 amide bonds. The molecule has 1 aliphatic heterocycles. The predicted octanol–water partition coefficient (Wildman–Crippen LogP) is 2.48. The Bertz CT molecular complexity index is 1150. The van der Waals surface area contributed by atoms with Crippen LogP contribution in [0.1, 0.15) is 36.3 Å². The molecular weight excluding hydrogens is 436 g/mol. The lowest BCUT2D eigenvalue weighted by atomic mass is 10.0. The number of aromatic nitrogens is 2. The highest BCUT2D eigenvalue weighted by Crippen LogP contribution is 2.26. The topological polar surface area (TPSA) is 128 Å². The molecule has 11 heteroatoms. The highest BCUT2D eigenvalue weighted by Gasteiger charge is 2.28. The number of sulfonamides is 1. The Morgan fingerprint density at radius 3 is 2.47 bits per heavy atom. The summed E-state index contributed by atoms with van der Waals surface area (Å²) in [7, 11) is -3.58. The van der Waals surface area contributed by atoms with Crippen LogP contribution in [0.3, 0.4) is 0 Å². The summed E-state index contributed by atoms with van der Waals surface area (Å²) in [6.07, 6.45) is 1.42. The molecule has 1 aliphatic rings. The van der Waals surface area contributed by atoms with Gasteiger partial charge in [-0.15, -0.1) is 0 Å². The fraction of sp³-hybridized carbons (Fsp3) is 0.381. The summed E-state index contributed by atoms with van der Waals surface area (Å²) in [5.74, 6) is 0.329. The number of carbonyl (C=O) groups is 1. The van der Waals surface area contributed by atoms with Gasteiger partial charge >= 0.3 is 0 Å². The molecule has 0 unspecified atom stereocenters. The number of hydrogen-bond acceptors (Lipinski definition) is 8. The zero-order valence-corrected chi connectivity index (χ0v) is 18.5. The molecule has 170 valence electrons. The van der Waals surface area contributed by atoms with Gasteiger partial charge in [-0.2, -0.15) is 9.29 Å². The smallest absolute Gasteiger partial charge is 0.287 e. The molecule has 1 saturated heterocycles. The van der Waals surface area contributed by atoms with Crippen molar-refractivity contribution in [2.45, 2.75) is 24.8 Å². The van der Waals surface area contributed by atoms with E-state index in [1.807, 2.05) is 13.8 Å². The molecule has 3 aromatic rings. The van der Waals surface area contributed by atoms with Gasteiger partial charge in [0.2, 0.25) is 21.7 Å². The van der Waals surface area contributed by atoms with Crippen molar-refractivity contribution in [3.63, 3.8) is 0 Å². The third-order valence-corrected chi connectivity index (χ3v) is 7.04. The van der Waals surface area contributed by atoms with Gasteiger partial charge < -0.3 is 19.0 Å². The maximum absolute atomic E-state index is 12.8. The lowest BCUT2D eigenvalue weighted by Gasteiger charge is -2.26. The standard InChI is InChI=1S/C21H24N4O6S/c1-14(2)18(22-20(26)17-4-3-11-30-17)21-23-19(24-31-21)15-5-7-16(8-6-15)32(27,28)25-9-12-29-13-10-25/h3-8,11,14,18H,9-10,12-13H2,1-2H3,(H,22,26)/t18-/m0/s1. The molecule has 32 heavy (non-hydrogen) atoms. The first-order valence-electron chi connectivity index (χ1n) is 10.2. The van der Waals surface area contributed by atoms with Crippen molar-refractivity contribution < 1.29 is 26.9 Å². The van der Waals surface area contributed by atoms with Crippen LogP contribution in [0.15, 0.2) is 56.5 Å². The number of rotatable bonds is 7. The quantitative estimate of drug-likeness (QED) is 0.570. The van der Waals surface area contributed by atoms with E-state index in [4.69, 9.17) is 13.7 Å².